The Bertz CT molecular complexity index is 718. The normalized spacial score (nSPS) is 16.1. The molecule has 3 rings (SSSR count). The van der Waals surface area contributed by atoms with Crippen molar-refractivity contribution in [3.8, 4) is 11.3 Å². The van der Waals surface area contributed by atoms with E-state index in [0.29, 0.717) is 17.1 Å². The molecule has 0 saturated carbocycles. The van der Waals surface area contributed by atoms with Crippen molar-refractivity contribution in [1.82, 2.24) is 5.01 Å². The molecule has 0 spiro atoms. The van der Waals surface area contributed by atoms with Gasteiger partial charge in [0.2, 0.25) is 0 Å². The fourth-order valence-corrected chi connectivity index (χ4v) is 2.48. The summed E-state index contributed by atoms with van der Waals surface area (Å²) in [5, 5.41) is 17.3. The molecule has 0 aliphatic carbocycles. The van der Waals surface area contributed by atoms with Crippen LogP contribution >= 0.6 is 0 Å². The zero-order chi connectivity index (χ0) is 16.2. The van der Waals surface area contributed by atoms with E-state index in [-0.39, 0.29) is 5.69 Å². The molecule has 1 aliphatic heterocycles. The number of benzene rings is 1. The highest BCUT2D eigenvalue weighted by Crippen LogP contribution is 2.25. The highest BCUT2D eigenvalue weighted by molar-refractivity contribution is 5.77. The lowest BCUT2D eigenvalue weighted by molar-refractivity contribution is -0.884. The summed E-state index contributed by atoms with van der Waals surface area (Å²) in [5.74, 6) is 1.23. The molecule has 23 heavy (non-hydrogen) atoms. The predicted molar refractivity (Wildman–Crippen MR) is 86.6 cm³/mol. The van der Waals surface area contributed by atoms with Gasteiger partial charge in [0.15, 0.2) is 0 Å². The molecule has 0 amide bonds. The zero-order valence-corrected chi connectivity index (χ0v) is 12.9. The van der Waals surface area contributed by atoms with Crippen LogP contribution in [0.1, 0.15) is 5.76 Å². The average molecular weight is 315 g/mol. The van der Waals surface area contributed by atoms with Gasteiger partial charge in [0.25, 0.3) is 5.69 Å². The highest BCUT2D eigenvalue weighted by Gasteiger charge is 2.14. The van der Waals surface area contributed by atoms with Crippen LogP contribution in [0.3, 0.4) is 0 Å². The van der Waals surface area contributed by atoms with Crippen LogP contribution in [0.5, 0.6) is 0 Å². The van der Waals surface area contributed by atoms with Crippen LogP contribution in [0, 0.1) is 10.1 Å². The average Bonchev–Trinajstić information content (AvgIpc) is 3.03. The van der Waals surface area contributed by atoms with Crippen molar-refractivity contribution in [3.63, 3.8) is 0 Å². The number of nitrogens with one attached hydrogen (secondary N) is 1. The number of likely N-dealkylation sites (N-methyl/N-ethyl adjacent to an activating group) is 1. The molecule has 2 aromatic rings. The first-order valence-corrected chi connectivity index (χ1v) is 7.57. The monoisotopic (exact) mass is 315 g/mol. The summed E-state index contributed by atoms with van der Waals surface area (Å²) in [6, 6.07) is 10.0. The first-order valence-electron chi connectivity index (χ1n) is 7.57. The number of piperazine rings is 1. The van der Waals surface area contributed by atoms with Gasteiger partial charge >= 0.3 is 0 Å². The van der Waals surface area contributed by atoms with E-state index in [1.54, 1.807) is 24.4 Å². The second-order valence-corrected chi connectivity index (χ2v) is 5.66. The van der Waals surface area contributed by atoms with E-state index in [1.165, 1.54) is 17.0 Å². The Labute approximate surface area is 134 Å². The number of nitro benzene ring substituents is 1. The molecule has 0 unspecified atom stereocenters. The van der Waals surface area contributed by atoms with Gasteiger partial charge in [0.05, 0.1) is 44.4 Å². The van der Waals surface area contributed by atoms with Crippen molar-refractivity contribution in [3.05, 3.63) is 52.3 Å². The van der Waals surface area contributed by atoms with E-state index in [4.69, 9.17) is 4.42 Å². The second kappa shape index (κ2) is 6.62. The maximum Gasteiger partial charge on any atom is 0.270 e. The van der Waals surface area contributed by atoms with Gasteiger partial charge in [-0.25, -0.2) is 0 Å². The third-order valence-electron chi connectivity index (χ3n) is 3.91. The summed E-state index contributed by atoms with van der Waals surface area (Å²) < 4.78 is 5.71. The van der Waals surface area contributed by atoms with Crippen LogP contribution in [0.15, 0.2) is 45.9 Å². The number of rotatable bonds is 4. The van der Waals surface area contributed by atoms with E-state index in [9.17, 15) is 10.1 Å². The Balaban J connectivity index is 1.70. The maximum absolute atomic E-state index is 10.8. The van der Waals surface area contributed by atoms with Crippen molar-refractivity contribution in [1.29, 1.82) is 0 Å². The number of quaternary nitrogens is 1. The van der Waals surface area contributed by atoms with E-state index in [1.807, 2.05) is 11.1 Å². The maximum atomic E-state index is 10.8. The molecule has 0 bridgehead atoms. The third-order valence-corrected chi connectivity index (χ3v) is 3.91. The molecule has 1 saturated heterocycles. The summed E-state index contributed by atoms with van der Waals surface area (Å²) in [5.41, 5.74) is 0.733. The number of nitrogens with zero attached hydrogens (tertiary/aromatic N) is 3. The van der Waals surface area contributed by atoms with Crippen molar-refractivity contribution < 1.29 is 14.2 Å². The number of hydrazone groups is 1. The van der Waals surface area contributed by atoms with Gasteiger partial charge in [-0.3, -0.25) is 15.1 Å². The third kappa shape index (κ3) is 3.75. The molecular weight excluding hydrogens is 296 g/mol. The Morgan fingerprint density at radius 3 is 2.83 bits per heavy atom. The van der Waals surface area contributed by atoms with Crippen LogP contribution < -0.4 is 4.90 Å². The summed E-state index contributed by atoms with van der Waals surface area (Å²) in [7, 11) is 2.18. The molecule has 7 heteroatoms. The molecular formula is C16H19N4O3+. The number of furan rings is 1. The fraction of sp³-hybridized carbons (Fsp3) is 0.312. The molecule has 7 nitrogen and oxygen atoms in total. The van der Waals surface area contributed by atoms with Crippen LogP contribution in [0.2, 0.25) is 0 Å². The standard InChI is InChI=1S/C16H18N4O3/c1-18-7-9-19(10-8-18)17-12-15-5-6-16(23-15)13-3-2-4-14(11-13)20(21)22/h2-6,11-12H,7-10H2,1H3/p+1/b17-12-. The Hall–Kier alpha value is -2.67. The summed E-state index contributed by atoms with van der Waals surface area (Å²) >= 11 is 0. The Morgan fingerprint density at radius 1 is 1.30 bits per heavy atom. The van der Waals surface area contributed by atoms with E-state index in [0.717, 1.165) is 26.2 Å². The number of hydrogen-bond donors (Lipinski definition) is 1. The lowest BCUT2D eigenvalue weighted by Crippen LogP contribution is -3.11. The summed E-state index contributed by atoms with van der Waals surface area (Å²) in [6.45, 7) is 4.02. The number of non-ortho nitro benzene ring substituents is 1. The van der Waals surface area contributed by atoms with E-state index < -0.39 is 4.92 Å². The summed E-state index contributed by atoms with van der Waals surface area (Å²) in [6.07, 6.45) is 1.70. The molecule has 1 fully saturated rings. The minimum atomic E-state index is -0.413. The van der Waals surface area contributed by atoms with Gasteiger partial charge in [0.1, 0.15) is 11.5 Å². The molecule has 0 radical (unpaired) electrons. The van der Waals surface area contributed by atoms with E-state index in [2.05, 4.69) is 12.1 Å². The van der Waals surface area contributed by atoms with Crippen LogP contribution in [-0.4, -0.2) is 49.4 Å². The smallest absolute Gasteiger partial charge is 0.270 e. The van der Waals surface area contributed by atoms with Gasteiger partial charge in [-0.1, -0.05) is 12.1 Å². The van der Waals surface area contributed by atoms with Crippen molar-refractivity contribution in [2.45, 2.75) is 0 Å². The molecule has 1 aromatic carbocycles. The van der Waals surface area contributed by atoms with Crippen LogP contribution in [0.4, 0.5) is 5.69 Å². The van der Waals surface area contributed by atoms with Crippen molar-refractivity contribution in [2.24, 2.45) is 5.10 Å². The zero-order valence-electron chi connectivity index (χ0n) is 12.9. The van der Waals surface area contributed by atoms with Gasteiger partial charge in [-0.2, -0.15) is 5.10 Å². The first kappa shape index (κ1) is 15.2. The largest absolute Gasteiger partial charge is 0.455 e. The van der Waals surface area contributed by atoms with Crippen LogP contribution in [-0.2, 0) is 0 Å². The molecule has 2 heterocycles. The Kier molecular flexibility index (Phi) is 4.38. The Morgan fingerprint density at radius 2 is 2.09 bits per heavy atom. The molecule has 1 aliphatic rings. The molecule has 1 aromatic heterocycles. The van der Waals surface area contributed by atoms with Crippen LogP contribution in [0.25, 0.3) is 11.3 Å². The lowest BCUT2D eigenvalue weighted by Gasteiger charge is -2.27. The molecule has 1 N–H and O–H groups in total. The van der Waals surface area contributed by atoms with Gasteiger partial charge in [-0.05, 0) is 12.1 Å². The number of nitro groups is 1. The van der Waals surface area contributed by atoms with Gasteiger partial charge in [0, 0.05) is 17.7 Å². The minimum absolute atomic E-state index is 0.0500. The quantitative estimate of drug-likeness (QED) is 0.519. The number of hydrogen-bond acceptors (Lipinski definition) is 5. The SMILES string of the molecule is C[NH+]1CCN(/N=C\c2ccc(-c3cccc([N+](=O)[O-])c3)o2)CC1. The van der Waals surface area contributed by atoms with Gasteiger partial charge < -0.3 is 9.32 Å². The van der Waals surface area contributed by atoms with E-state index >= 15 is 0 Å². The second-order valence-electron chi connectivity index (χ2n) is 5.66. The minimum Gasteiger partial charge on any atom is -0.455 e. The van der Waals surface area contributed by atoms with Crippen molar-refractivity contribution >= 4 is 11.9 Å². The highest BCUT2D eigenvalue weighted by atomic mass is 16.6. The molecule has 0 atom stereocenters. The molecule has 120 valence electrons. The predicted octanol–water partition coefficient (Wildman–Crippen LogP) is 1.02. The lowest BCUT2D eigenvalue weighted by atomic mass is 10.1. The summed E-state index contributed by atoms with van der Waals surface area (Å²) in [4.78, 5) is 11.9. The van der Waals surface area contributed by atoms with Gasteiger partial charge in [-0.15, -0.1) is 0 Å². The topological polar surface area (TPSA) is 76.3 Å². The van der Waals surface area contributed by atoms with Crippen molar-refractivity contribution in [2.75, 3.05) is 33.2 Å². The fourth-order valence-electron chi connectivity index (χ4n) is 2.48. The first-order chi connectivity index (χ1) is 11.1.